The van der Waals surface area contributed by atoms with Crippen LogP contribution in [0.1, 0.15) is 66.2 Å². The van der Waals surface area contributed by atoms with E-state index < -0.39 is 44.7 Å². The van der Waals surface area contributed by atoms with Gasteiger partial charge in [-0.15, -0.1) is 0 Å². The zero-order chi connectivity index (χ0) is 27.6. The quantitative estimate of drug-likeness (QED) is 0.503. The minimum atomic E-state index is -3.94. The lowest BCUT2D eigenvalue weighted by atomic mass is 9.94. The van der Waals surface area contributed by atoms with Crippen molar-refractivity contribution in [2.24, 2.45) is 0 Å². The molecule has 0 bridgehead atoms. The summed E-state index contributed by atoms with van der Waals surface area (Å²) in [4.78, 5) is 27.2. The topological polar surface area (TPSA) is 129 Å². The van der Waals surface area contributed by atoms with Crippen molar-refractivity contribution < 1.29 is 22.6 Å². The second kappa shape index (κ2) is 10.8. The fourth-order valence-electron chi connectivity index (χ4n) is 4.10. The van der Waals surface area contributed by atoms with Crippen molar-refractivity contribution in [3.05, 3.63) is 62.9 Å². The van der Waals surface area contributed by atoms with E-state index in [0.717, 1.165) is 0 Å². The van der Waals surface area contributed by atoms with Crippen molar-refractivity contribution in [3.8, 4) is 0 Å². The van der Waals surface area contributed by atoms with Gasteiger partial charge in [0.15, 0.2) is 6.23 Å². The van der Waals surface area contributed by atoms with Crippen LogP contribution >= 0.6 is 0 Å². The van der Waals surface area contributed by atoms with Crippen molar-refractivity contribution in [2.45, 2.75) is 95.3 Å². The molecule has 1 fully saturated rings. The highest BCUT2D eigenvalue weighted by molar-refractivity contribution is 7.89. The Bertz CT molecular complexity index is 1290. The zero-order valence-electron chi connectivity index (χ0n) is 22.7. The number of hydrogen-bond donors (Lipinski definition) is 2. The minimum Gasteiger partial charge on any atom is -0.376 e. The van der Waals surface area contributed by atoms with E-state index in [1.165, 1.54) is 22.9 Å². The van der Waals surface area contributed by atoms with E-state index in [1.54, 1.807) is 25.1 Å². The molecule has 3 rings (SSSR count). The third-order valence-electron chi connectivity index (χ3n) is 5.95. The highest BCUT2D eigenvalue weighted by atomic mass is 32.2. The molecule has 1 aromatic heterocycles. The molecule has 1 aliphatic heterocycles. The first-order chi connectivity index (χ1) is 17.0. The molecule has 1 aliphatic rings. The Kier molecular flexibility index (Phi) is 8.55. The zero-order valence-corrected chi connectivity index (χ0v) is 23.5. The minimum absolute atomic E-state index is 0.0956. The summed E-state index contributed by atoms with van der Waals surface area (Å²) in [6, 6.07) is 7.17. The first kappa shape index (κ1) is 29.2. The van der Waals surface area contributed by atoms with Gasteiger partial charge in [0.25, 0.3) is 5.56 Å². The van der Waals surface area contributed by atoms with Gasteiger partial charge in [0, 0.05) is 18.2 Å². The Labute approximate surface area is 218 Å². The molecule has 0 radical (unpaired) electrons. The van der Waals surface area contributed by atoms with Crippen molar-refractivity contribution in [1.82, 2.24) is 14.3 Å². The Hall–Kier alpha value is -2.31. The van der Waals surface area contributed by atoms with Crippen LogP contribution in [-0.4, -0.2) is 54.0 Å². The molecule has 0 unspecified atom stereocenters. The molecule has 2 N–H and O–H groups in total. The summed E-state index contributed by atoms with van der Waals surface area (Å²) >= 11 is 0. The van der Waals surface area contributed by atoms with Crippen molar-refractivity contribution in [2.75, 3.05) is 13.2 Å². The van der Waals surface area contributed by atoms with Gasteiger partial charge in [0.2, 0.25) is 10.0 Å². The third-order valence-corrected chi connectivity index (χ3v) is 7.45. The molecule has 206 valence electrons. The van der Waals surface area contributed by atoms with Gasteiger partial charge in [0.1, 0.15) is 0 Å². The third kappa shape index (κ3) is 7.84. The van der Waals surface area contributed by atoms with E-state index in [4.69, 9.17) is 14.2 Å². The lowest BCUT2D eigenvalue weighted by Gasteiger charge is -2.33. The molecular weight excluding hydrogens is 498 g/mol. The van der Waals surface area contributed by atoms with Crippen LogP contribution in [0.4, 0.5) is 0 Å². The number of H-pyrrole nitrogens is 1. The van der Waals surface area contributed by atoms with E-state index in [1.807, 2.05) is 41.5 Å². The molecule has 0 spiro atoms. The maximum Gasteiger partial charge on any atom is 0.330 e. The molecule has 1 saturated heterocycles. The molecule has 2 aromatic rings. The van der Waals surface area contributed by atoms with Crippen LogP contribution in [0.5, 0.6) is 0 Å². The number of ether oxygens (including phenoxy) is 3. The second-order valence-corrected chi connectivity index (χ2v) is 13.2. The normalized spacial score (nSPS) is 22.9. The number of rotatable bonds is 9. The van der Waals surface area contributed by atoms with Crippen LogP contribution in [0.25, 0.3) is 0 Å². The van der Waals surface area contributed by atoms with E-state index in [-0.39, 0.29) is 23.5 Å². The van der Waals surface area contributed by atoms with Crippen LogP contribution in [0.15, 0.2) is 51.0 Å². The predicted octanol–water partition coefficient (Wildman–Crippen LogP) is 2.87. The Morgan fingerprint density at radius 1 is 1.08 bits per heavy atom. The maximum atomic E-state index is 13.3. The van der Waals surface area contributed by atoms with Crippen LogP contribution in [-0.2, 0) is 24.2 Å². The summed E-state index contributed by atoms with van der Waals surface area (Å²) in [6.07, 6.45) is 0.983. The highest BCUT2D eigenvalue weighted by Gasteiger charge is 2.49. The molecule has 11 heteroatoms. The monoisotopic (exact) mass is 537 g/mol. The van der Waals surface area contributed by atoms with Gasteiger partial charge < -0.3 is 14.2 Å². The van der Waals surface area contributed by atoms with Gasteiger partial charge in [-0.1, -0.05) is 18.2 Å². The van der Waals surface area contributed by atoms with Crippen molar-refractivity contribution in [1.29, 1.82) is 0 Å². The number of aryl methyl sites for hydroxylation is 1. The number of benzene rings is 1. The van der Waals surface area contributed by atoms with Crippen LogP contribution in [0.3, 0.4) is 0 Å². The lowest BCUT2D eigenvalue weighted by molar-refractivity contribution is -0.155. The number of hydrogen-bond acceptors (Lipinski definition) is 7. The average Bonchev–Trinajstić information content (AvgIpc) is 3.12. The van der Waals surface area contributed by atoms with Gasteiger partial charge >= 0.3 is 5.69 Å². The molecule has 3 atom stereocenters. The highest BCUT2D eigenvalue weighted by Crippen LogP contribution is 2.40. The Morgan fingerprint density at radius 2 is 1.70 bits per heavy atom. The largest absolute Gasteiger partial charge is 0.376 e. The van der Waals surface area contributed by atoms with Crippen molar-refractivity contribution in [3.63, 3.8) is 0 Å². The molecule has 0 amide bonds. The average molecular weight is 538 g/mol. The first-order valence-corrected chi connectivity index (χ1v) is 13.8. The number of nitrogens with one attached hydrogen (secondary N) is 2. The van der Waals surface area contributed by atoms with Gasteiger partial charge in [-0.05, 0) is 67.0 Å². The first-order valence-electron chi connectivity index (χ1n) is 12.4. The lowest BCUT2D eigenvalue weighted by Crippen LogP contribution is -2.43. The molecule has 0 saturated carbocycles. The van der Waals surface area contributed by atoms with Gasteiger partial charge in [-0.3, -0.25) is 14.3 Å². The number of nitrogens with zero attached hydrogens (tertiary/aromatic N) is 1. The molecular formula is C26H39N3O7S. The SMILES string of the molecule is Cc1cn([C@@H]2O[C@](CCOC(C)(C)C)(COC(C)(C)C)C[C@H]2NS(=O)(=O)c2ccccc2)c(=O)[nH]c1=O. The van der Waals surface area contributed by atoms with Crippen LogP contribution in [0.2, 0.25) is 0 Å². The summed E-state index contributed by atoms with van der Waals surface area (Å²) in [5.74, 6) is 0. The smallest absolute Gasteiger partial charge is 0.330 e. The Balaban J connectivity index is 2.03. The molecule has 0 aliphatic carbocycles. The number of aromatic amines is 1. The molecule has 1 aromatic carbocycles. The van der Waals surface area contributed by atoms with E-state index in [9.17, 15) is 18.0 Å². The summed E-state index contributed by atoms with van der Waals surface area (Å²) in [5, 5.41) is 0. The van der Waals surface area contributed by atoms with Crippen LogP contribution in [0, 0.1) is 6.92 Å². The summed E-state index contributed by atoms with van der Waals surface area (Å²) in [5.41, 5.74) is -2.73. The predicted molar refractivity (Wildman–Crippen MR) is 140 cm³/mol. The summed E-state index contributed by atoms with van der Waals surface area (Å²) in [6.45, 7) is 13.7. The Morgan fingerprint density at radius 3 is 2.30 bits per heavy atom. The summed E-state index contributed by atoms with van der Waals surface area (Å²) < 4.78 is 49.1. The van der Waals surface area contributed by atoms with Gasteiger partial charge in [-0.2, -0.15) is 0 Å². The second-order valence-electron chi connectivity index (χ2n) is 11.5. The fraction of sp³-hybridized carbons (Fsp3) is 0.615. The van der Waals surface area contributed by atoms with Gasteiger partial charge in [-0.25, -0.2) is 17.9 Å². The fourth-order valence-corrected chi connectivity index (χ4v) is 5.35. The standard InChI is InChI=1S/C26H39N3O7S/c1-18-16-29(23(31)27-21(18)30)22-20(28-37(32,33)19-11-9-8-10-12-19)15-26(36-22,17-35-25(5,6)7)13-14-34-24(2,3)4/h8-12,16,20,22,28H,13-15,17H2,1-7H3,(H,27,30,31)/t20-,22-,26+/m1/s1. The number of sulfonamides is 1. The van der Waals surface area contributed by atoms with Crippen LogP contribution < -0.4 is 16.0 Å². The van der Waals surface area contributed by atoms with Crippen molar-refractivity contribution >= 4 is 10.0 Å². The maximum absolute atomic E-state index is 13.3. The number of aromatic nitrogens is 2. The van der Waals surface area contributed by atoms with E-state index in [0.29, 0.717) is 18.6 Å². The molecule has 37 heavy (non-hydrogen) atoms. The molecule has 10 nitrogen and oxygen atoms in total. The van der Waals surface area contributed by atoms with Gasteiger partial charge in [0.05, 0.1) is 41.0 Å². The van der Waals surface area contributed by atoms with E-state index >= 15 is 0 Å². The molecule has 2 heterocycles. The van der Waals surface area contributed by atoms with E-state index in [2.05, 4.69) is 9.71 Å². The summed E-state index contributed by atoms with van der Waals surface area (Å²) in [7, 11) is -3.94.